The first-order valence-corrected chi connectivity index (χ1v) is 13.3. The highest BCUT2D eigenvalue weighted by atomic mass is 35.5. The number of ketones is 2. The second-order valence-corrected chi connectivity index (χ2v) is 11.4. The van der Waals surface area contributed by atoms with Crippen LogP contribution in [0.5, 0.6) is 5.75 Å². The Labute approximate surface area is 233 Å². The minimum atomic E-state index is -4.67. The van der Waals surface area contributed by atoms with E-state index in [9.17, 15) is 34.8 Å². The lowest BCUT2D eigenvalue weighted by Crippen LogP contribution is -2.65. The quantitative estimate of drug-likeness (QED) is 0.0945. The Morgan fingerprint density at radius 2 is 1.62 bits per heavy atom. The van der Waals surface area contributed by atoms with E-state index in [1.165, 1.54) is 19.0 Å². The van der Waals surface area contributed by atoms with E-state index >= 15 is 0 Å². The van der Waals surface area contributed by atoms with Crippen LogP contribution in [0.2, 0.25) is 5.02 Å². The van der Waals surface area contributed by atoms with Gasteiger partial charge in [0.2, 0.25) is 5.78 Å². The number of likely N-dealkylation sites (N-methyl/N-ethyl adjacent to an activating group) is 1. The maximum Gasteiger partial charge on any atom is 0.394 e. The Balaban J connectivity index is 0.000000810. The zero-order chi connectivity index (χ0) is 30.8. The molecule has 1 saturated carbocycles. The number of aliphatic hydroxyl groups excluding tert-OH is 2. The van der Waals surface area contributed by atoms with Crippen molar-refractivity contribution < 1.29 is 52.3 Å². The van der Waals surface area contributed by atoms with E-state index in [0.717, 1.165) is 0 Å². The standard InChI is InChI=1S/C23H27ClN4O7.H2O4S/c1-27(2)15-8-5-7-6-9-16(28(3)4)19(31)12(22(26)34)21(33)23(9,35)20(32)10(7)17(29)11(8)18(30)14(25)13(15)24;1-5(2,3)4/h7,9,16,29-30,33,35H,5-6,25H2,1-4H3,(H2,26,34);(H2,1,2,3,4)/t7?,9?,16-,23-;/m0./s1. The molecule has 17 heteroatoms. The number of nitrogen functional groups attached to an aromatic ring is 1. The van der Waals surface area contributed by atoms with Gasteiger partial charge in [0, 0.05) is 25.6 Å². The van der Waals surface area contributed by atoms with Gasteiger partial charge in [0.15, 0.2) is 17.1 Å². The smallest absolute Gasteiger partial charge is 0.394 e. The van der Waals surface area contributed by atoms with Crippen molar-refractivity contribution in [3.63, 3.8) is 0 Å². The number of amides is 1. The third-order valence-corrected chi connectivity index (χ3v) is 7.67. The van der Waals surface area contributed by atoms with Crippen LogP contribution < -0.4 is 16.4 Å². The molecule has 0 spiro atoms. The maximum atomic E-state index is 13.8. The number of aromatic hydroxyl groups is 1. The molecule has 15 nitrogen and oxygen atoms in total. The van der Waals surface area contributed by atoms with E-state index in [4.69, 9.17) is 40.6 Å². The summed E-state index contributed by atoms with van der Waals surface area (Å²) in [7, 11) is 1.82. The summed E-state index contributed by atoms with van der Waals surface area (Å²) in [6.45, 7) is 0. The summed E-state index contributed by atoms with van der Waals surface area (Å²) in [5.41, 5.74) is 8.05. The molecular formula is C23H29ClN4O11S. The van der Waals surface area contributed by atoms with Crippen LogP contribution in [0.4, 0.5) is 11.4 Å². The number of phenolic OH excluding ortho intramolecular Hbond substituents is 1. The highest BCUT2D eigenvalue weighted by Crippen LogP contribution is 2.55. The minimum Gasteiger partial charge on any atom is -0.508 e. The third-order valence-electron chi connectivity index (χ3n) is 7.28. The summed E-state index contributed by atoms with van der Waals surface area (Å²) in [6, 6.07) is -1.15. The zero-order valence-electron chi connectivity index (χ0n) is 21.7. The zero-order valence-corrected chi connectivity index (χ0v) is 23.3. The van der Waals surface area contributed by atoms with Crippen molar-refractivity contribution in [3.8, 4) is 5.75 Å². The number of benzene rings is 1. The largest absolute Gasteiger partial charge is 0.508 e. The predicted octanol–water partition coefficient (Wildman–Crippen LogP) is -0.387. The number of hydrogen-bond donors (Lipinski definition) is 8. The van der Waals surface area contributed by atoms with Gasteiger partial charge in [-0.2, -0.15) is 8.42 Å². The molecule has 0 radical (unpaired) electrons. The van der Waals surface area contributed by atoms with Gasteiger partial charge in [-0.3, -0.25) is 28.4 Å². The Morgan fingerprint density at radius 3 is 2.08 bits per heavy atom. The van der Waals surface area contributed by atoms with Crippen LogP contribution in [0.25, 0.3) is 5.76 Å². The molecule has 2 unspecified atom stereocenters. The molecule has 220 valence electrons. The number of nitrogens with zero attached hydrogens (tertiary/aromatic N) is 2. The van der Waals surface area contributed by atoms with Crippen LogP contribution in [-0.2, 0) is 31.2 Å². The van der Waals surface area contributed by atoms with Crippen LogP contribution >= 0.6 is 11.6 Å². The van der Waals surface area contributed by atoms with Crippen molar-refractivity contribution in [2.75, 3.05) is 38.8 Å². The topological polar surface area (TPSA) is 265 Å². The van der Waals surface area contributed by atoms with Crippen molar-refractivity contribution in [2.45, 2.75) is 24.5 Å². The van der Waals surface area contributed by atoms with Gasteiger partial charge in [0.1, 0.15) is 17.1 Å². The summed E-state index contributed by atoms with van der Waals surface area (Å²) in [6.07, 6.45) is 0.108. The molecule has 10 N–H and O–H groups in total. The number of primary amides is 1. The molecule has 1 aromatic carbocycles. The van der Waals surface area contributed by atoms with Gasteiger partial charge in [-0.05, 0) is 38.4 Å². The van der Waals surface area contributed by atoms with Crippen molar-refractivity contribution in [3.05, 3.63) is 33.1 Å². The van der Waals surface area contributed by atoms with Crippen LogP contribution in [0, 0.1) is 11.8 Å². The second-order valence-electron chi connectivity index (χ2n) is 10.1. The number of carbonyl (C=O) groups excluding carboxylic acids is 3. The highest BCUT2D eigenvalue weighted by molar-refractivity contribution is 7.79. The molecule has 1 aromatic rings. The molecule has 3 aliphatic rings. The Kier molecular flexibility index (Phi) is 7.94. The Bertz CT molecular complexity index is 1490. The predicted molar refractivity (Wildman–Crippen MR) is 142 cm³/mol. The number of rotatable bonds is 3. The van der Waals surface area contributed by atoms with Crippen molar-refractivity contribution in [2.24, 2.45) is 17.6 Å². The first-order chi connectivity index (χ1) is 18.2. The third kappa shape index (κ3) is 4.76. The van der Waals surface area contributed by atoms with Crippen LogP contribution in [-0.4, -0.2) is 100 Å². The van der Waals surface area contributed by atoms with Gasteiger partial charge in [0.05, 0.1) is 28.0 Å². The number of halogens is 1. The Morgan fingerprint density at radius 1 is 1.10 bits per heavy atom. The number of fused-ring (bicyclic) bond motifs is 3. The van der Waals surface area contributed by atoms with Gasteiger partial charge >= 0.3 is 10.4 Å². The van der Waals surface area contributed by atoms with E-state index in [1.807, 2.05) is 0 Å². The highest BCUT2D eigenvalue weighted by Gasteiger charge is 2.64. The Hall–Kier alpha value is -3.41. The van der Waals surface area contributed by atoms with E-state index in [-0.39, 0.29) is 34.7 Å². The molecule has 4 rings (SSSR count). The summed E-state index contributed by atoms with van der Waals surface area (Å²) in [4.78, 5) is 42.0. The SMILES string of the molecule is CN(C)c1c(Cl)c(N)c(O)c2c1CC1CC3[C@H](N(C)C)C(=O)C(C(N)=O)=C(O)[C@@]3(O)C(=O)C1=C2O.O=S(=O)(O)O. The van der Waals surface area contributed by atoms with Crippen LogP contribution in [0.15, 0.2) is 16.9 Å². The molecule has 0 aromatic heterocycles. The van der Waals surface area contributed by atoms with E-state index in [2.05, 4.69) is 0 Å². The van der Waals surface area contributed by atoms with Crippen molar-refractivity contribution in [1.29, 1.82) is 0 Å². The minimum absolute atomic E-state index is 0.0125. The summed E-state index contributed by atoms with van der Waals surface area (Å²) in [5, 5.41) is 44.4. The average molecular weight is 605 g/mol. The van der Waals surface area contributed by atoms with Gasteiger partial charge < -0.3 is 36.8 Å². The lowest BCUT2D eigenvalue weighted by Gasteiger charge is -2.50. The average Bonchev–Trinajstić information content (AvgIpc) is 2.78. The second kappa shape index (κ2) is 10.2. The summed E-state index contributed by atoms with van der Waals surface area (Å²) in [5.74, 6) is -7.31. The molecule has 1 fully saturated rings. The lowest BCUT2D eigenvalue weighted by atomic mass is 9.57. The molecule has 4 atom stereocenters. The van der Waals surface area contributed by atoms with E-state index < -0.39 is 74.2 Å². The van der Waals surface area contributed by atoms with E-state index in [0.29, 0.717) is 11.3 Å². The molecule has 3 aliphatic carbocycles. The van der Waals surface area contributed by atoms with Crippen LogP contribution in [0.1, 0.15) is 17.5 Å². The number of aliphatic hydroxyl groups is 3. The number of phenols is 1. The first-order valence-electron chi connectivity index (χ1n) is 11.5. The molecule has 0 heterocycles. The van der Waals surface area contributed by atoms with Crippen molar-refractivity contribution >= 4 is 56.6 Å². The number of Topliss-reactive ketones (excluding diaryl/α,β-unsaturated/α-hetero) is 2. The molecule has 0 bridgehead atoms. The van der Waals surface area contributed by atoms with Gasteiger partial charge in [-0.25, -0.2) is 0 Å². The fourth-order valence-corrected chi connectivity index (χ4v) is 6.18. The van der Waals surface area contributed by atoms with E-state index in [1.54, 1.807) is 19.0 Å². The number of hydrogen-bond acceptors (Lipinski definition) is 12. The number of carbonyl (C=O) groups is 3. The number of anilines is 2. The molecule has 0 saturated heterocycles. The fraction of sp³-hybridized carbons (Fsp3) is 0.435. The van der Waals surface area contributed by atoms with Crippen LogP contribution in [0.3, 0.4) is 0 Å². The van der Waals surface area contributed by atoms with Gasteiger partial charge in [-0.1, -0.05) is 11.6 Å². The lowest BCUT2D eigenvalue weighted by molar-refractivity contribution is -0.153. The van der Waals surface area contributed by atoms with Gasteiger partial charge in [-0.15, -0.1) is 0 Å². The first kappa shape index (κ1) is 31.1. The maximum absolute atomic E-state index is 13.8. The molecule has 40 heavy (non-hydrogen) atoms. The number of nitrogens with two attached hydrogens (primary N) is 2. The summed E-state index contributed by atoms with van der Waals surface area (Å²) >= 11 is 6.40. The summed E-state index contributed by atoms with van der Waals surface area (Å²) < 4.78 is 31.6. The molecular weight excluding hydrogens is 576 g/mol. The molecule has 0 aliphatic heterocycles. The van der Waals surface area contributed by atoms with Gasteiger partial charge in [0.25, 0.3) is 5.91 Å². The fourth-order valence-electron chi connectivity index (χ4n) is 5.81. The molecule has 1 amide bonds. The normalized spacial score (nSPS) is 26.1. The van der Waals surface area contributed by atoms with Crippen molar-refractivity contribution in [1.82, 2.24) is 4.90 Å². The monoisotopic (exact) mass is 604 g/mol.